The third kappa shape index (κ3) is 3.07. The molecule has 0 saturated heterocycles. The van der Waals surface area contributed by atoms with E-state index < -0.39 is 6.23 Å². The van der Waals surface area contributed by atoms with Gasteiger partial charge in [0.25, 0.3) is 0 Å². The van der Waals surface area contributed by atoms with Crippen LogP contribution in [0.25, 0.3) is 0 Å². The molecule has 0 bridgehead atoms. The van der Waals surface area contributed by atoms with Crippen molar-refractivity contribution >= 4 is 27.7 Å². The average molecular weight is 375 g/mol. The van der Waals surface area contributed by atoms with Gasteiger partial charge in [-0.05, 0) is 24.3 Å². The van der Waals surface area contributed by atoms with E-state index in [1.807, 2.05) is 48.5 Å². The SMILES string of the molecule is COc1ccccc1C1=NN(C(C)=O)C(c2ccc(Br)cc2)O1. The lowest BCUT2D eigenvalue weighted by atomic mass is 10.2. The highest BCUT2D eigenvalue weighted by molar-refractivity contribution is 9.10. The van der Waals surface area contributed by atoms with Crippen LogP contribution < -0.4 is 4.74 Å². The molecule has 0 aliphatic carbocycles. The van der Waals surface area contributed by atoms with Crippen molar-refractivity contribution in [2.45, 2.75) is 13.2 Å². The number of para-hydroxylation sites is 1. The van der Waals surface area contributed by atoms with Gasteiger partial charge >= 0.3 is 0 Å². The number of hydrogen-bond acceptors (Lipinski definition) is 4. The highest BCUT2D eigenvalue weighted by Crippen LogP contribution is 2.33. The van der Waals surface area contributed by atoms with Gasteiger partial charge in [0.2, 0.25) is 18.0 Å². The van der Waals surface area contributed by atoms with Crippen molar-refractivity contribution in [3.63, 3.8) is 0 Å². The Morgan fingerprint density at radius 2 is 1.91 bits per heavy atom. The lowest BCUT2D eigenvalue weighted by Gasteiger charge is -2.19. The van der Waals surface area contributed by atoms with E-state index in [9.17, 15) is 4.79 Å². The summed E-state index contributed by atoms with van der Waals surface area (Å²) < 4.78 is 12.2. The normalized spacial score (nSPS) is 16.7. The molecular weight excluding hydrogens is 360 g/mol. The van der Waals surface area contributed by atoms with Crippen LogP contribution in [-0.4, -0.2) is 23.9 Å². The number of hydrazone groups is 1. The maximum atomic E-state index is 11.9. The number of carbonyl (C=O) groups is 1. The quantitative estimate of drug-likeness (QED) is 0.822. The molecule has 0 spiro atoms. The first-order chi connectivity index (χ1) is 11.1. The number of methoxy groups -OCH3 is 1. The number of amides is 1. The second-order valence-corrected chi connectivity index (χ2v) is 5.91. The second-order valence-electron chi connectivity index (χ2n) is 4.99. The third-order valence-corrected chi connectivity index (χ3v) is 3.99. The number of benzene rings is 2. The van der Waals surface area contributed by atoms with E-state index in [2.05, 4.69) is 21.0 Å². The minimum absolute atomic E-state index is 0.192. The summed E-state index contributed by atoms with van der Waals surface area (Å²) in [6.45, 7) is 1.46. The molecule has 1 aliphatic rings. The van der Waals surface area contributed by atoms with Crippen LogP contribution in [0.5, 0.6) is 5.75 Å². The maximum absolute atomic E-state index is 11.9. The van der Waals surface area contributed by atoms with Crippen molar-refractivity contribution in [3.05, 3.63) is 64.1 Å². The summed E-state index contributed by atoms with van der Waals surface area (Å²) >= 11 is 3.40. The Morgan fingerprint density at radius 1 is 1.22 bits per heavy atom. The van der Waals surface area contributed by atoms with Gasteiger partial charge < -0.3 is 9.47 Å². The molecule has 1 amide bonds. The zero-order valence-electron chi connectivity index (χ0n) is 12.7. The van der Waals surface area contributed by atoms with Gasteiger partial charge in [0.15, 0.2) is 0 Å². The molecule has 3 rings (SSSR count). The van der Waals surface area contributed by atoms with E-state index >= 15 is 0 Å². The molecule has 1 atom stereocenters. The van der Waals surface area contributed by atoms with Crippen LogP contribution in [0.1, 0.15) is 24.3 Å². The van der Waals surface area contributed by atoms with Crippen LogP contribution >= 0.6 is 15.9 Å². The van der Waals surface area contributed by atoms with Crippen LogP contribution in [0.4, 0.5) is 0 Å². The topological polar surface area (TPSA) is 51.1 Å². The first-order valence-corrected chi connectivity index (χ1v) is 7.83. The zero-order valence-corrected chi connectivity index (χ0v) is 14.3. The van der Waals surface area contributed by atoms with Crippen molar-refractivity contribution in [3.8, 4) is 5.75 Å². The Hall–Kier alpha value is -2.34. The van der Waals surface area contributed by atoms with E-state index in [-0.39, 0.29) is 5.91 Å². The smallest absolute Gasteiger partial charge is 0.244 e. The molecule has 0 saturated carbocycles. The molecule has 6 heteroatoms. The minimum atomic E-state index is -0.583. The first-order valence-electron chi connectivity index (χ1n) is 7.04. The molecule has 0 radical (unpaired) electrons. The van der Waals surface area contributed by atoms with Crippen LogP contribution in [0, 0.1) is 0 Å². The molecule has 1 aliphatic heterocycles. The summed E-state index contributed by atoms with van der Waals surface area (Å²) in [5.41, 5.74) is 1.55. The highest BCUT2D eigenvalue weighted by atomic mass is 79.9. The Morgan fingerprint density at radius 3 is 2.57 bits per heavy atom. The van der Waals surface area contributed by atoms with Gasteiger partial charge in [-0.25, -0.2) is 0 Å². The minimum Gasteiger partial charge on any atom is -0.496 e. The van der Waals surface area contributed by atoms with Crippen LogP contribution in [0.2, 0.25) is 0 Å². The number of halogens is 1. The number of nitrogens with zero attached hydrogens (tertiary/aromatic N) is 2. The van der Waals surface area contributed by atoms with Crippen molar-refractivity contribution < 1.29 is 14.3 Å². The summed E-state index contributed by atoms with van der Waals surface area (Å²) in [4.78, 5) is 11.9. The number of rotatable bonds is 3. The van der Waals surface area contributed by atoms with E-state index in [4.69, 9.17) is 9.47 Å². The summed E-state index contributed by atoms with van der Waals surface area (Å²) in [6.07, 6.45) is -0.583. The number of ether oxygens (including phenoxy) is 2. The number of carbonyl (C=O) groups excluding carboxylic acids is 1. The van der Waals surface area contributed by atoms with Crippen molar-refractivity contribution in [2.24, 2.45) is 5.10 Å². The van der Waals surface area contributed by atoms with E-state index in [1.54, 1.807) is 7.11 Å². The van der Waals surface area contributed by atoms with Gasteiger partial charge in [-0.15, -0.1) is 5.10 Å². The molecule has 0 aromatic heterocycles. The van der Waals surface area contributed by atoms with Crippen molar-refractivity contribution in [1.29, 1.82) is 0 Å². The van der Waals surface area contributed by atoms with Gasteiger partial charge in [0, 0.05) is 17.0 Å². The molecule has 2 aromatic carbocycles. The maximum Gasteiger partial charge on any atom is 0.244 e. The second kappa shape index (κ2) is 6.42. The average Bonchev–Trinajstić information content (AvgIpc) is 3.01. The van der Waals surface area contributed by atoms with Gasteiger partial charge in [0.05, 0.1) is 12.7 Å². The van der Waals surface area contributed by atoms with Gasteiger partial charge in [0.1, 0.15) is 5.75 Å². The highest BCUT2D eigenvalue weighted by Gasteiger charge is 2.33. The summed E-state index contributed by atoms with van der Waals surface area (Å²) in [7, 11) is 1.59. The molecule has 23 heavy (non-hydrogen) atoms. The van der Waals surface area contributed by atoms with Crippen LogP contribution in [0.3, 0.4) is 0 Å². The van der Waals surface area contributed by atoms with Crippen molar-refractivity contribution in [1.82, 2.24) is 5.01 Å². The molecule has 1 heterocycles. The molecule has 0 N–H and O–H groups in total. The van der Waals surface area contributed by atoms with Gasteiger partial charge in [-0.1, -0.05) is 40.2 Å². The molecule has 5 nitrogen and oxygen atoms in total. The molecular formula is C17H15BrN2O3. The van der Waals surface area contributed by atoms with E-state index in [0.717, 1.165) is 10.0 Å². The Balaban J connectivity index is 1.97. The predicted molar refractivity (Wildman–Crippen MR) is 90.0 cm³/mol. The van der Waals surface area contributed by atoms with Crippen LogP contribution in [-0.2, 0) is 9.53 Å². The van der Waals surface area contributed by atoms with Crippen LogP contribution in [0.15, 0.2) is 58.1 Å². The molecule has 2 aromatic rings. The largest absolute Gasteiger partial charge is 0.496 e. The van der Waals surface area contributed by atoms with Gasteiger partial charge in [-0.2, -0.15) is 5.01 Å². The molecule has 1 unspecified atom stereocenters. The fourth-order valence-corrected chi connectivity index (χ4v) is 2.60. The fraction of sp³-hybridized carbons (Fsp3) is 0.176. The molecule has 0 fully saturated rings. The lowest BCUT2D eigenvalue weighted by molar-refractivity contribution is -0.135. The fourth-order valence-electron chi connectivity index (χ4n) is 2.34. The number of hydrogen-bond donors (Lipinski definition) is 0. The van der Waals surface area contributed by atoms with Crippen molar-refractivity contribution in [2.75, 3.05) is 7.11 Å². The lowest BCUT2D eigenvalue weighted by Crippen LogP contribution is -2.25. The third-order valence-electron chi connectivity index (χ3n) is 3.46. The first kappa shape index (κ1) is 15.6. The monoisotopic (exact) mass is 374 g/mol. The predicted octanol–water partition coefficient (Wildman–Crippen LogP) is 3.70. The summed E-state index contributed by atoms with van der Waals surface area (Å²) in [5.74, 6) is 0.819. The Kier molecular flexibility index (Phi) is 4.34. The van der Waals surface area contributed by atoms with E-state index in [0.29, 0.717) is 17.2 Å². The van der Waals surface area contributed by atoms with E-state index in [1.165, 1.54) is 11.9 Å². The Bertz CT molecular complexity index is 759. The van der Waals surface area contributed by atoms with Gasteiger partial charge in [-0.3, -0.25) is 4.79 Å². The Labute approximate surface area is 142 Å². The summed E-state index contributed by atoms with van der Waals surface area (Å²) in [5, 5.41) is 5.67. The standard InChI is InChI=1S/C17H15BrN2O3/c1-11(21)20-17(12-7-9-13(18)10-8-12)23-16(19-20)14-5-3-4-6-15(14)22-2/h3-10,17H,1-2H3. The zero-order chi connectivity index (χ0) is 16.4. The summed E-state index contributed by atoms with van der Waals surface area (Å²) in [6, 6.07) is 15.0. The molecule has 118 valence electrons.